The van der Waals surface area contributed by atoms with E-state index in [9.17, 15) is 4.79 Å². The molecule has 0 amide bonds. The number of carbonyl (C=O) groups is 1. The standard InChI is InChI=1S/C21H21ClN2OS.CO2/c1-3-6-15-8-5-9-16(11-15)24-21-23-13-20(26-21)19(25)12-17-14(2)7-4-10-18(17)22;2-1-3/h4-5,7-11,13H,3,6,12H2,1-2H3,(H,23,24);. The summed E-state index contributed by atoms with van der Waals surface area (Å²) in [4.78, 5) is 33.8. The molecule has 0 radical (unpaired) electrons. The van der Waals surface area contributed by atoms with E-state index in [1.807, 2.05) is 37.3 Å². The Morgan fingerprint density at radius 1 is 1.21 bits per heavy atom. The fourth-order valence-electron chi connectivity index (χ4n) is 2.82. The van der Waals surface area contributed by atoms with Crippen molar-refractivity contribution in [2.75, 3.05) is 5.32 Å². The highest BCUT2D eigenvalue weighted by molar-refractivity contribution is 7.17. The SMILES string of the molecule is CCCc1cccc(Nc2ncc(C(=O)Cc3c(C)cccc3Cl)s2)c1.O=C=O. The van der Waals surface area contributed by atoms with Gasteiger partial charge in [-0.1, -0.05) is 60.5 Å². The molecule has 2 aromatic carbocycles. The number of aromatic nitrogens is 1. The van der Waals surface area contributed by atoms with Gasteiger partial charge in [0.1, 0.15) is 0 Å². The van der Waals surface area contributed by atoms with Crippen LogP contribution in [0.25, 0.3) is 0 Å². The molecule has 0 aliphatic rings. The fraction of sp³-hybridized carbons (Fsp3) is 0.227. The maximum Gasteiger partial charge on any atom is 0.373 e. The minimum atomic E-state index is 0.0338. The van der Waals surface area contributed by atoms with Gasteiger partial charge in [-0.3, -0.25) is 4.79 Å². The van der Waals surface area contributed by atoms with Crippen LogP contribution in [0, 0.1) is 6.92 Å². The van der Waals surface area contributed by atoms with Gasteiger partial charge in [0.15, 0.2) is 10.9 Å². The Hall–Kier alpha value is -2.79. The molecule has 29 heavy (non-hydrogen) atoms. The summed E-state index contributed by atoms with van der Waals surface area (Å²) in [5.41, 5.74) is 4.20. The normalized spacial score (nSPS) is 9.90. The highest BCUT2D eigenvalue weighted by Crippen LogP contribution is 2.26. The Balaban J connectivity index is 0.000000941. The number of carbonyl (C=O) groups excluding carboxylic acids is 3. The molecule has 1 aromatic heterocycles. The number of Topliss-reactive ketones (excluding diaryl/α,β-unsaturated/α-hetero) is 1. The highest BCUT2D eigenvalue weighted by Gasteiger charge is 2.15. The molecule has 0 aliphatic heterocycles. The van der Waals surface area contributed by atoms with E-state index in [-0.39, 0.29) is 11.9 Å². The number of hydrogen-bond acceptors (Lipinski definition) is 6. The minimum absolute atomic E-state index is 0.0338. The Morgan fingerprint density at radius 2 is 1.93 bits per heavy atom. The van der Waals surface area contributed by atoms with E-state index in [0.717, 1.165) is 34.8 Å². The van der Waals surface area contributed by atoms with Crippen LogP contribution < -0.4 is 5.32 Å². The molecule has 150 valence electrons. The molecule has 0 saturated heterocycles. The highest BCUT2D eigenvalue weighted by atomic mass is 35.5. The van der Waals surface area contributed by atoms with Gasteiger partial charge >= 0.3 is 6.15 Å². The molecule has 0 atom stereocenters. The van der Waals surface area contributed by atoms with E-state index in [0.29, 0.717) is 16.3 Å². The summed E-state index contributed by atoms with van der Waals surface area (Å²) in [7, 11) is 0. The topological polar surface area (TPSA) is 76.1 Å². The van der Waals surface area contributed by atoms with Crippen LogP contribution in [0.1, 0.15) is 39.7 Å². The number of anilines is 2. The first-order chi connectivity index (χ1) is 14.0. The van der Waals surface area contributed by atoms with Crippen molar-refractivity contribution in [3.8, 4) is 0 Å². The number of rotatable bonds is 7. The van der Waals surface area contributed by atoms with Gasteiger partial charge in [0.05, 0.1) is 11.1 Å². The molecule has 3 rings (SSSR count). The van der Waals surface area contributed by atoms with Crippen LogP contribution in [0.4, 0.5) is 10.8 Å². The van der Waals surface area contributed by atoms with Gasteiger partial charge in [-0.25, -0.2) is 4.98 Å². The quantitative estimate of drug-likeness (QED) is 0.492. The van der Waals surface area contributed by atoms with E-state index in [1.165, 1.54) is 16.9 Å². The summed E-state index contributed by atoms with van der Waals surface area (Å²) in [5.74, 6) is 0.0338. The number of benzene rings is 2. The van der Waals surface area contributed by atoms with Crippen molar-refractivity contribution in [3.05, 3.63) is 75.3 Å². The van der Waals surface area contributed by atoms with Crippen LogP contribution >= 0.6 is 22.9 Å². The maximum absolute atomic E-state index is 12.6. The molecule has 1 heterocycles. The molecular weight excluding hydrogens is 408 g/mol. The third-order valence-corrected chi connectivity index (χ3v) is 5.50. The van der Waals surface area contributed by atoms with Gasteiger partial charge in [0.2, 0.25) is 0 Å². The zero-order valence-electron chi connectivity index (χ0n) is 16.2. The van der Waals surface area contributed by atoms with E-state index < -0.39 is 0 Å². The summed E-state index contributed by atoms with van der Waals surface area (Å²) in [6.07, 6.45) is 4.34. The Morgan fingerprint density at radius 3 is 2.62 bits per heavy atom. The molecule has 0 aliphatic carbocycles. The average Bonchev–Trinajstić information content (AvgIpc) is 3.14. The second-order valence-electron chi connectivity index (χ2n) is 6.32. The van der Waals surface area contributed by atoms with Crippen LogP contribution in [0.5, 0.6) is 0 Å². The summed E-state index contributed by atoms with van der Waals surface area (Å²) in [6.45, 7) is 4.14. The number of aryl methyl sites for hydroxylation is 2. The first-order valence-electron chi connectivity index (χ1n) is 9.06. The monoisotopic (exact) mass is 428 g/mol. The van der Waals surface area contributed by atoms with Crippen LogP contribution in [0.15, 0.2) is 48.7 Å². The lowest BCUT2D eigenvalue weighted by Crippen LogP contribution is -2.03. The summed E-state index contributed by atoms with van der Waals surface area (Å²) in [5, 5.41) is 4.65. The molecule has 0 bridgehead atoms. The van der Waals surface area contributed by atoms with Gasteiger partial charge in [-0.05, 0) is 48.2 Å². The lowest BCUT2D eigenvalue weighted by atomic mass is 10.0. The van der Waals surface area contributed by atoms with Crippen molar-refractivity contribution in [2.24, 2.45) is 0 Å². The molecule has 3 aromatic rings. The third-order valence-electron chi connectivity index (χ3n) is 4.19. The third kappa shape index (κ3) is 6.64. The largest absolute Gasteiger partial charge is 0.373 e. The van der Waals surface area contributed by atoms with E-state index >= 15 is 0 Å². The first-order valence-corrected chi connectivity index (χ1v) is 10.3. The number of hydrogen-bond donors (Lipinski definition) is 1. The predicted molar refractivity (Wildman–Crippen MR) is 115 cm³/mol. The zero-order chi connectivity index (χ0) is 21.2. The van der Waals surface area contributed by atoms with Crippen molar-refractivity contribution in [1.82, 2.24) is 4.98 Å². The van der Waals surface area contributed by atoms with E-state index in [4.69, 9.17) is 21.2 Å². The number of thiazole rings is 1. The number of halogens is 1. The van der Waals surface area contributed by atoms with Crippen LogP contribution in [-0.2, 0) is 22.4 Å². The van der Waals surface area contributed by atoms with Gasteiger partial charge < -0.3 is 5.32 Å². The second-order valence-corrected chi connectivity index (χ2v) is 7.76. The summed E-state index contributed by atoms with van der Waals surface area (Å²) < 4.78 is 0. The average molecular weight is 429 g/mol. The van der Waals surface area contributed by atoms with Crippen molar-refractivity contribution < 1.29 is 14.4 Å². The van der Waals surface area contributed by atoms with Crippen molar-refractivity contribution in [2.45, 2.75) is 33.1 Å². The molecule has 0 spiro atoms. The van der Waals surface area contributed by atoms with E-state index in [1.54, 1.807) is 6.20 Å². The van der Waals surface area contributed by atoms with Gasteiger partial charge in [-0.15, -0.1) is 0 Å². The molecule has 0 saturated carbocycles. The Labute approximate surface area is 178 Å². The van der Waals surface area contributed by atoms with E-state index in [2.05, 4.69) is 29.4 Å². The maximum atomic E-state index is 12.6. The minimum Gasteiger partial charge on any atom is -0.332 e. The lowest BCUT2D eigenvalue weighted by Gasteiger charge is -2.06. The second kappa shape index (κ2) is 11.3. The van der Waals surface area contributed by atoms with Crippen molar-refractivity contribution in [1.29, 1.82) is 0 Å². The van der Waals surface area contributed by atoms with Crippen molar-refractivity contribution in [3.63, 3.8) is 0 Å². The molecule has 7 heteroatoms. The summed E-state index contributed by atoms with van der Waals surface area (Å²) >= 11 is 7.61. The van der Waals surface area contributed by atoms with Crippen LogP contribution in [0.3, 0.4) is 0 Å². The number of nitrogens with one attached hydrogen (secondary N) is 1. The zero-order valence-corrected chi connectivity index (χ0v) is 17.8. The molecule has 5 nitrogen and oxygen atoms in total. The Kier molecular flexibility index (Phi) is 8.74. The van der Waals surface area contributed by atoms with Crippen LogP contribution in [0.2, 0.25) is 5.02 Å². The molecule has 1 N–H and O–H groups in total. The van der Waals surface area contributed by atoms with Gasteiger partial charge in [-0.2, -0.15) is 9.59 Å². The molecule has 0 unspecified atom stereocenters. The number of ketones is 1. The Bertz CT molecular complexity index is 991. The van der Waals surface area contributed by atoms with Crippen LogP contribution in [-0.4, -0.2) is 16.9 Å². The molecule has 0 fully saturated rings. The summed E-state index contributed by atoms with van der Waals surface area (Å²) in [6, 6.07) is 14.0. The van der Waals surface area contributed by atoms with Gasteiger partial charge in [0, 0.05) is 17.1 Å². The fourth-order valence-corrected chi connectivity index (χ4v) is 3.88. The smallest absolute Gasteiger partial charge is 0.332 e. The van der Waals surface area contributed by atoms with Gasteiger partial charge in [0.25, 0.3) is 0 Å². The first kappa shape index (κ1) is 22.5. The lowest BCUT2D eigenvalue weighted by molar-refractivity contribution is -0.191. The van der Waals surface area contributed by atoms with Crippen molar-refractivity contribution >= 4 is 45.7 Å². The molecular formula is C22H21ClN2O3S. The predicted octanol–water partition coefficient (Wildman–Crippen LogP) is 5.64. The number of nitrogens with zero attached hydrogens (tertiary/aromatic N) is 1.